The Labute approximate surface area is 73.4 Å². The fourth-order valence-corrected chi connectivity index (χ4v) is 0.560. The second-order valence-corrected chi connectivity index (χ2v) is 2.20. The van der Waals surface area contributed by atoms with Crippen LogP contribution in [0.1, 0.15) is 6.92 Å². The van der Waals surface area contributed by atoms with E-state index in [0.717, 1.165) is 5.70 Å². The van der Waals surface area contributed by atoms with Crippen molar-refractivity contribution >= 4 is 5.96 Å². The number of nitrogens with one attached hydrogen (secondary N) is 2. The van der Waals surface area contributed by atoms with Crippen LogP contribution in [0, 0.1) is 0 Å². The maximum absolute atomic E-state index is 5.46. The number of nitrogens with two attached hydrogens (primary N) is 1. The Morgan fingerprint density at radius 1 is 1.50 bits per heavy atom. The van der Waals surface area contributed by atoms with Gasteiger partial charge in [-0.25, -0.2) is 5.32 Å². The molecule has 12 heavy (non-hydrogen) atoms. The van der Waals surface area contributed by atoms with Gasteiger partial charge in [0.15, 0.2) is 0 Å². The molecular weight excluding hydrogens is 150 g/mol. The lowest BCUT2D eigenvalue weighted by atomic mass is 10.4. The first kappa shape index (κ1) is 10.5. The molecule has 0 spiro atoms. The van der Waals surface area contributed by atoms with E-state index in [-0.39, 0.29) is 0 Å². The maximum Gasteiger partial charge on any atom is 0.345 e. The van der Waals surface area contributed by atoms with Gasteiger partial charge in [0.25, 0.3) is 0 Å². The molecule has 3 nitrogen and oxygen atoms in total. The number of hydrogen-bond donors (Lipinski definition) is 3. The fourth-order valence-electron chi connectivity index (χ4n) is 0.560. The van der Waals surface area contributed by atoms with Crippen molar-refractivity contribution in [1.29, 1.82) is 0 Å². The molecule has 0 aromatic rings. The summed E-state index contributed by atoms with van der Waals surface area (Å²) >= 11 is 0. The predicted octanol–water partition coefficient (Wildman–Crippen LogP) is -0.753. The SMILES string of the molecule is C=C(/C=C\C=C/C)NC(N)=[NH+]C. The van der Waals surface area contributed by atoms with Crippen molar-refractivity contribution in [2.75, 3.05) is 7.05 Å². The molecule has 0 heterocycles. The molecule has 0 fully saturated rings. The minimum absolute atomic E-state index is 0.491. The lowest BCUT2D eigenvalue weighted by Gasteiger charge is -1.94. The maximum atomic E-state index is 5.46. The van der Waals surface area contributed by atoms with Crippen molar-refractivity contribution < 1.29 is 4.99 Å². The summed E-state index contributed by atoms with van der Waals surface area (Å²) in [4.78, 5) is 2.76. The summed E-state index contributed by atoms with van der Waals surface area (Å²) in [6.45, 7) is 5.69. The number of rotatable bonds is 3. The van der Waals surface area contributed by atoms with Crippen molar-refractivity contribution in [2.24, 2.45) is 5.73 Å². The summed E-state index contributed by atoms with van der Waals surface area (Å²) in [5.41, 5.74) is 6.21. The second kappa shape index (κ2) is 6.22. The topological polar surface area (TPSA) is 52.0 Å². The summed E-state index contributed by atoms with van der Waals surface area (Å²) in [7, 11) is 1.74. The lowest BCUT2D eigenvalue weighted by Crippen LogP contribution is -2.74. The van der Waals surface area contributed by atoms with Crippen molar-refractivity contribution in [3.8, 4) is 0 Å². The van der Waals surface area contributed by atoms with Crippen LogP contribution in [-0.2, 0) is 0 Å². The van der Waals surface area contributed by atoms with Crippen LogP contribution in [0.4, 0.5) is 0 Å². The molecule has 0 aliphatic heterocycles. The van der Waals surface area contributed by atoms with Crippen molar-refractivity contribution in [3.63, 3.8) is 0 Å². The Bertz CT molecular complexity index is 224. The van der Waals surface area contributed by atoms with E-state index in [1.165, 1.54) is 0 Å². The second-order valence-electron chi connectivity index (χ2n) is 2.20. The molecule has 66 valence electrons. The van der Waals surface area contributed by atoms with Gasteiger partial charge in [-0.05, 0) is 13.0 Å². The van der Waals surface area contributed by atoms with Gasteiger partial charge >= 0.3 is 5.96 Å². The van der Waals surface area contributed by atoms with Crippen LogP contribution in [0.15, 0.2) is 36.6 Å². The van der Waals surface area contributed by atoms with Gasteiger partial charge in [-0.2, -0.15) is 0 Å². The molecule has 0 saturated carbocycles. The Balaban J connectivity index is 3.90. The highest BCUT2D eigenvalue weighted by Gasteiger charge is 1.95. The third kappa shape index (κ3) is 5.29. The van der Waals surface area contributed by atoms with Gasteiger partial charge in [0.1, 0.15) is 0 Å². The van der Waals surface area contributed by atoms with Gasteiger partial charge in [0.05, 0.1) is 12.7 Å². The Morgan fingerprint density at radius 2 is 2.17 bits per heavy atom. The molecule has 0 aromatic heterocycles. The van der Waals surface area contributed by atoms with Crippen molar-refractivity contribution in [1.82, 2.24) is 5.32 Å². The molecule has 0 saturated heterocycles. The zero-order valence-corrected chi connectivity index (χ0v) is 7.59. The molecule has 0 rings (SSSR count). The first-order valence-corrected chi connectivity index (χ1v) is 3.76. The minimum atomic E-state index is 0.491. The van der Waals surface area contributed by atoms with Crippen LogP contribution in [0.3, 0.4) is 0 Å². The Hall–Kier alpha value is -1.51. The summed E-state index contributed by atoms with van der Waals surface area (Å²) in [6, 6.07) is 0. The van der Waals surface area contributed by atoms with Gasteiger partial charge in [-0.3, -0.25) is 10.7 Å². The van der Waals surface area contributed by atoms with E-state index in [9.17, 15) is 0 Å². The van der Waals surface area contributed by atoms with Gasteiger partial charge < -0.3 is 0 Å². The van der Waals surface area contributed by atoms with E-state index in [0.29, 0.717) is 5.96 Å². The molecule has 0 aliphatic carbocycles. The molecule has 0 aromatic carbocycles. The van der Waals surface area contributed by atoms with Gasteiger partial charge in [0, 0.05) is 0 Å². The molecule has 4 N–H and O–H groups in total. The monoisotopic (exact) mass is 166 g/mol. The van der Waals surface area contributed by atoms with Crippen LogP contribution >= 0.6 is 0 Å². The van der Waals surface area contributed by atoms with Gasteiger partial charge in [0.2, 0.25) is 0 Å². The predicted molar refractivity (Wildman–Crippen MR) is 52.3 cm³/mol. The largest absolute Gasteiger partial charge is 0.345 e. The molecule has 3 heteroatoms. The van der Waals surface area contributed by atoms with Crippen molar-refractivity contribution in [2.45, 2.75) is 6.92 Å². The Morgan fingerprint density at radius 3 is 2.67 bits per heavy atom. The lowest BCUT2D eigenvalue weighted by molar-refractivity contribution is -0.423. The summed E-state index contributed by atoms with van der Waals surface area (Å²) in [5, 5.41) is 2.86. The Kier molecular flexibility index (Phi) is 5.43. The van der Waals surface area contributed by atoms with Gasteiger partial charge in [-0.1, -0.05) is 24.8 Å². The first-order valence-electron chi connectivity index (χ1n) is 3.76. The van der Waals surface area contributed by atoms with Crippen LogP contribution in [-0.4, -0.2) is 13.0 Å². The first-order chi connectivity index (χ1) is 5.70. The number of guanidine groups is 1. The third-order valence-corrected chi connectivity index (χ3v) is 1.17. The van der Waals surface area contributed by atoms with Crippen LogP contribution < -0.4 is 16.0 Å². The molecule has 0 amide bonds. The van der Waals surface area contributed by atoms with E-state index < -0.39 is 0 Å². The highest BCUT2D eigenvalue weighted by Crippen LogP contribution is 1.85. The molecule has 0 aliphatic rings. The zero-order chi connectivity index (χ0) is 9.40. The molecule has 0 unspecified atom stereocenters. The molecule has 0 atom stereocenters. The van der Waals surface area contributed by atoms with E-state index in [1.807, 2.05) is 31.2 Å². The minimum Gasteiger partial charge on any atom is -0.291 e. The van der Waals surface area contributed by atoms with Gasteiger partial charge in [-0.15, -0.1) is 0 Å². The smallest absolute Gasteiger partial charge is 0.291 e. The van der Waals surface area contributed by atoms with Crippen LogP contribution in [0.5, 0.6) is 0 Å². The summed E-state index contributed by atoms with van der Waals surface area (Å²) in [6.07, 6.45) is 7.58. The molecule has 0 bridgehead atoms. The van der Waals surface area contributed by atoms with E-state index in [1.54, 1.807) is 7.05 Å². The molecule has 0 radical (unpaired) electrons. The fraction of sp³-hybridized carbons (Fsp3) is 0.222. The average molecular weight is 166 g/mol. The number of allylic oxidation sites excluding steroid dienone is 4. The van der Waals surface area contributed by atoms with E-state index >= 15 is 0 Å². The highest BCUT2D eigenvalue weighted by molar-refractivity contribution is 5.74. The average Bonchev–Trinajstić information content (AvgIpc) is 2.05. The summed E-state index contributed by atoms with van der Waals surface area (Å²) < 4.78 is 0. The number of hydrogen-bond acceptors (Lipinski definition) is 0. The van der Waals surface area contributed by atoms with Crippen molar-refractivity contribution in [3.05, 3.63) is 36.6 Å². The normalized spacial score (nSPS) is 12.7. The zero-order valence-electron chi connectivity index (χ0n) is 7.59. The van der Waals surface area contributed by atoms with Crippen LogP contribution in [0.25, 0.3) is 0 Å². The van der Waals surface area contributed by atoms with E-state index in [4.69, 9.17) is 5.73 Å². The summed E-state index contributed by atoms with van der Waals surface area (Å²) in [5.74, 6) is 0.491. The quantitative estimate of drug-likeness (QED) is 0.293. The van der Waals surface area contributed by atoms with E-state index in [2.05, 4.69) is 16.9 Å². The highest BCUT2D eigenvalue weighted by atomic mass is 15.1. The molecular formula is C9H16N3+. The van der Waals surface area contributed by atoms with Crippen LogP contribution in [0.2, 0.25) is 0 Å². The third-order valence-electron chi connectivity index (χ3n) is 1.17. The standard InChI is InChI=1S/C9H15N3/c1-4-5-6-7-8(2)12-9(10)11-3/h4-7H,2H2,1,3H3,(H3,10,11,12)/p+1/b5-4-,7-6-.